The van der Waals surface area contributed by atoms with Gasteiger partial charge in [-0.1, -0.05) is 12.1 Å². The maximum atomic E-state index is 13.0. The maximum absolute atomic E-state index is 13.0. The molecule has 1 heterocycles. The van der Waals surface area contributed by atoms with Crippen LogP contribution in [-0.2, 0) is 14.8 Å². The van der Waals surface area contributed by atoms with Gasteiger partial charge in [-0.25, -0.2) is 12.8 Å². The number of amides is 1. The second-order valence-electron chi connectivity index (χ2n) is 6.40. The molecule has 0 atom stereocenters. The number of sulfonamides is 1. The van der Waals surface area contributed by atoms with Crippen molar-refractivity contribution < 1.29 is 22.5 Å². The summed E-state index contributed by atoms with van der Waals surface area (Å²) in [7, 11) is -3.76. The summed E-state index contributed by atoms with van der Waals surface area (Å²) in [4.78, 5) is 22.9. The zero-order valence-corrected chi connectivity index (χ0v) is 15.6. The van der Waals surface area contributed by atoms with Gasteiger partial charge in [-0.2, -0.15) is 4.31 Å². The standard InChI is InChI=1S/C18H18FN3O5S/c19-14-5-7-15(8-6-14)28(26,27)21-11-9-13(10-12-21)18(23)20-16-3-1-2-4-17(16)22(24)25/h1-8,13H,9-12H2,(H,20,23). The van der Waals surface area contributed by atoms with Gasteiger partial charge in [-0.05, 0) is 43.2 Å². The lowest BCUT2D eigenvalue weighted by molar-refractivity contribution is -0.383. The van der Waals surface area contributed by atoms with E-state index in [4.69, 9.17) is 0 Å². The van der Waals surface area contributed by atoms with Gasteiger partial charge in [0.1, 0.15) is 11.5 Å². The molecule has 0 radical (unpaired) electrons. The molecule has 148 valence electrons. The molecule has 1 amide bonds. The summed E-state index contributed by atoms with van der Waals surface area (Å²) in [5.74, 6) is -1.36. The summed E-state index contributed by atoms with van der Waals surface area (Å²) < 4.78 is 39.5. The lowest BCUT2D eigenvalue weighted by Gasteiger charge is -2.30. The van der Waals surface area contributed by atoms with Crippen molar-refractivity contribution in [1.82, 2.24) is 4.31 Å². The third-order valence-corrected chi connectivity index (χ3v) is 6.55. The Bertz CT molecular complexity index is 987. The molecule has 0 saturated carbocycles. The van der Waals surface area contributed by atoms with Gasteiger partial charge in [-0.3, -0.25) is 14.9 Å². The predicted octanol–water partition coefficient (Wildman–Crippen LogP) is 2.77. The Hall–Kier alpha value is -2.85. The molecule has 0 spiro atoms. The number of halogens is 1. The number of nitro groups is 1. The molecule has 0 unspecified atom stereocenters. The predicted molar refractivity (Wildman–Crippen MR) is 99.6 cm³/mol. The van der Waals surface area contributed by atoms with E-state index in [2.05, 4.69) is 5.32 Å². The molecule has 1 saturated heterocycles. The Morgan fingerprint density at radius 1 is 1.11 bits per heavy atom. The van der Waals surface area contributed by atoms with E-state index in [1.54, 1.807) is 6.07 Å². The van der Waals surface area contributed by atoms with E-state index in [-0.39, 0.29) is 48.1 Å². The van der Waals surface area contributed by atoms with E-state index in [9.17, 15) is 27.7 Å². The SMILES string of the molecule is O=C(Nc1ccccc1[N+](=O)[O-])C1CCN(S(=O)(=O)c2ccc(F)cc2)CC1. The number of nitro benzene ring substituents is 1. The Labute approximate surface area is 161 Å². The van der Waals surface area contributed by atoms with Crippen LogP contribution in [0.2, 0.25) is 0 Å². The Morgan fingerprint density at radius 3 is 2.32 bits per heavy atom. The van der Waals surface area contributed by atoms with Crippen molar-refractivity contribution in [1.29, 1.82) is 0 Å². The molecule has 3 rings (SSSR count). The molecule has 0 aromatic heterocycles. The number of hydrogen-bond acceptors (Lipinski definition) is 5. The smallest absolute Gasteiger partial charge is 0.292 e. The van der Waals surface area contributed by atoms with E-state index in [0.29, 0.717) is 0 Å². The van der Waals surface area contributed by atoms with Crippen LogP contribution in [-0.4, -0.2) is 36.6 Å². The van der Waals surface area contributed by atoms with Crippen LogP contribution >= 0.6 is 0 Å². The summed E-state index contributed by atoms with van der Waals surface area (Å²) in [6.07, 6.45) is 0.569. The van der Waals surface area contributed by atoms with Crippen LogP contribution in [0.15, 0.2) is 53.4 Å². The van der Waals surface area contributed by atoms with Crippen LogP contribution in [0.5, 0.6) is 0 Å². The first kappa shape index (κ1) is 19.9. The van der Waals surface area contributed by atoms with Crippen molar-refractivity contribution in [3.8, 4) is 0 Å². The van der Waals surface area contributed by atoms with Gasteiger partial charge >= 0.3 is 0 Å². The van der Waals surface area contributed by atoms with Gasteiger partial charge < -0.3 is 5.32 Å². The lowest BCUT2D eigenvalue weighted by atomic mass is 9.97. The van der Waals surface area contributed by atoms with Crippen molar-refractivity contribution in [2.45, 2.75) is 17.7 Å². The average Bonchev–Trinajstić information content (AvgIpc) is 2.68. The highest BCUT2D eigenvalue weighted by atomic mass is 32.2. The van der Waals surface area contributed by atoms with E-state index >= 15 is 0 Å². The van der Waals surface area contributed by atoms with Crippen molar-refractivity contribution in [3.05, 3.63) is 64.5 Å². The molecule has 0 aliphatic carbocycles. The number of carbonyl (C=O) groups excluding carboxylic acids is 1. The van der Waals surface area contributed by atoms with Gasteiger partial charge in [0.15, 0.2) is 0 Å². The zero-order valence-electron chi connectivity index (χ0n) is 14.7. The third kappa shape index (κ3) is 4.18. The molecule has 10 heteroatoms. The molecule has 1 fully saturated rings. The first-order valence-corrected chi connectivity index (χ1v) is 10.0. The second-order valence-corrected chi connectivity index (χ2v) is 8.33. The molecule has 1 N–H and O–H groups in total. The van der Waals surface area contributed by atoms with E-state index in [0.717, 1.165) is 12.1 Å². The first-order valence-electron chi connectivity index (χ1n) is 8.59. The topological polar surface area (TPSA) is 110 Å². The van der Waals surface area contributed by atoms with Crippen LogP contribution in [0, 0.1) is 21.8 Å². The number of anilines is 1. The third-order valence-electron chi connectivity index (χ3n) is 4.63. The number of nitrogens with zero attached hydrogens (tertiary/aromatic N) is 2. The maximum Gasteiger partial charge on any atom is 0.292 e. The molecule has 8 nitrogen and oxygen atoms in total. The number of rotatable bonds is 5. The largest absolute Gasteiger partial charge is 0.320 e. The minimum absolute atomic E-state index is 0.00304. The van der Waals surface area contributed by atoms with Crippen LogP contribution in [0.4, 0.5) is 15.8 Å². The average molecular weight is 407 g/mol. The monoisotopic (exact) mass is 407 g/mol. The highest BCUT2D eigenvalue weighted by Crippen LogP contribution is 2.27. The quantitative estimate of drug-likeness (QED) is 0.605. The molecule has 0 bridgehead atoms. The van der Waals surface area contributed by atoms with E-state index < -0.39 is 26.7 Å². The van der Waals surface area contributed by atoms with Crippen molar-refractivity contribution in [3.63, 3.8) is 0 Å². The molecular formula is C18H18FN3O5S. The molecular weight excluding hydrogens is 389 g/mol. The number of carbonyl (C=O) groups is 1. The zero-order chi connectivity index (χ0) is 20.3. The van der Waals surface area contributed by atoms with Crippen molar-refractivity contribution >= 4 is 27.3 Å². The highest BCUT2D eigenvalue weighted by Gasteiger charge is 2.32. The van der Waals surface area contributed by atoms with Crippen molar-refractivity contribution in [2.75, 3.05) is 18.4 Å². The summed E-state index contributed by atoms with van der Waals surface area (Å²) in [6.45, 7) is 0.267. The number of para-hydroxylation sites is 2. The molecule has 1 aliphatic rings. The summed E-state index contributed by atoms with van der Waals surface area (Å²) in [6, 6.07) is 10.4. The molecule has 2 aromatic rings. The first-order chi connectivity index (χ1) is 13.3. The fourth-order valence-electron chi connectivity index (χ4n) is 3.09. The summed E-state index contributed by atoms with van der Waals surface area (Å²) >= 11 is 0. The van der Waals surface area contributed by atoms with E-state index in [1.807, 2.05) is 0 Å². The minimum Gasteiger partial charge on any atom is -0.320 e. The van der Waals surface area contributed by atoms with Crippen LogP contribution < -0.4 is 5.32 Å². The Balaban J connectivity index is 1.64. The van der Waals surface area contributed by atoms with Gasteiger partial charge in [0.25, 0.3) is 5.69 Å². The Morgan fingerprint density at radius 2 is 1.71 bits per heavy atom. The molecule has 2 aromatic carbocycles. The fourth-order valence-corrected chi connectivity index (χ4v) is 4.56. The summed E-state index contributed by atoms with van der Waals surface area (Å²) in [5.41, 5.74) is -0.0916. The second kappa shape index (κ2) is 8.03. The Kier molecular flexibility index (Phi) is 5.71. The normalized spacial score (nSPS) is 15.9. The number of piperidine rings is 1. The molecule has 28 heavy (non-hydrogen) atoms. The van der Waals surface area contributed by atoms with Gasteiger partial charge in [-0.15, -0.1) is 0 Å². The lowest BCUT2D eigenvalue weighted by Crippen LogP contribution is -2.41. The molecule has 1 aliphatic heterocycles. The minimum atomic E-state index is -3.76. The highest BCUT2D eigenvalue weighted by molar-refractivity contribution is 7.89. The van der Waals surface area contributed by atoms with Crippen LogP contribution in [0.25, 0.3) is 0 Å². The fraction of sp³-hybridized carbons (Fsp3) is 0.278. The number of hydrogen-bond donors (Lipinski definition) is 1. The summed E-state index contributed by atoms with van der Waals surface area (Å²) in [5, 5.41) is 13.6. The van der Waals surface area contributed by atoms with Gasteiger partial charge in [0.2, 0.25) is 15.9 Å². The number of nitrogens with one attached hydrogen (secondary N) is 1. The van der Waals surface area contributed by atoms with Crippen LogP contribution in [0.1, 0.15) is 12.8 Å². The van der Waals surface area contributed by atoms with E-state index in [1.165, 1.54) is 34.6 Å². The van der Waals surface area contributed by atoms with Crippen LogP contribution in [0.3, 0.4) is 0 Å². The van der Waals surface area contributed by atoms with Gasteiger partial charge in [0, 0.05) is 25.1 Å². The van der Waals surface area contributed by atoms with Gasteiger partial charge in [0.05, 0.1) is 9.82 Å². The number of benzene rings is 2. The van der Waals surface area contributed by atoms with Crippen molar-refractivity contribution in [2.24, 2.45) is 5.92 Å².